The maximum atomic E-state index is 12.2. The van der Waals surface area contributed by atoms with E-state index in [1.165, 1.54) is 0 Å². The van der Waals surface area contributed by atoms with E-state index >= 15 is 0 Å². The summed E-state index contributed by atoms with van der Waals surface area (Å²) < 4.78 is 11.0. The highest BCUT2D eigenvalue weighted by Gasteiger charge is 2.28. The molecule has 0 bridgehead atoms. The van der Waals surface area contributed by atoms with Crippen LogP contribution in [0.1, 0.15) is 28.4 Å². The number of ketones is 1. The van der Waals surface area contributed by atoms with Gasteiger partial charge in [-0.2, -0.15) is 0 Å². The molecule has 0 fully saturated rings. The zero-order chi connectivity index (χ0) is 15.0. The van der Waals surface area contributed by atoms with Gasteiger partial charge in [0, 0.05) is 5.02 Å². The van der Waals surface area contributed by atoms with Crippen LogP contribution in [0.4, 0.5) is 0 Å². The van der Waals surface area contributed by atoms with E-state index < -0.39 is 0 Å². The maximum absolute atomic E-state index is 12.2. The van der Waals surface area contributed by atoms with Gasteiger partial charge in [-0.25, -0.2) is 0 Å². The third-order valence-corrected chi connectivity index (χ3v) is 3.96. The Morgan fingerprint density at radius 2 is 2.00 bits per heavy atom. The molecule has 1 aliphatic rings. The maximum Gasteiger partial charge on any atom is 0.170 e. The van der Waals surface area contributed by atoms with Crippen molar-refractivity contribution in [1.82, 2.24) is 0 Å². The predicted molar refractivity (Wildman–Crippen MR) is 81.8 cm³/mol. The third-order valence-electron chi connectivity index (χ3n) is 3.43. The predicted octanol–water partition coefficient (Wildman–Crippen LogP) is 4.71. The minimum Gasteiger partial charge on any atom is -0.495 e. The molecule has 5 heteroatoms. The molecule has 1 atom stereocenters. The Morgan fingerprint density at radius 3 is 2.71 bits per heavy atom. The number of halogens is 2. The number of Topliss-reactive ketones (excluding diaryl/α,β-unsaturated/α-hetero) is 1. The van der Waals surface area contributed by atoms with Crippen LogP contribution >= 0.6 is 23.2 Å². The highest BCUT2D eigenvalue weighted by molar-refractivity contribution is 6.32. The second-order valence-electron chi connectivity index (χ2n) is 4.77. The van der Waals surface area contributed by atoms with Crippen LogP contribution in [0.2, 0.25) is 10.0 Å². The number of carbonyl (C=O) groups excluding carboxylic acids is 1. The molecule has 108 valence electrons. The number of hydrogen-bond acceptors (Lipinski definition) is 3. The van der Waals surface area contributed by atoms with Gasteiger partial charge in [0.05, 0.1) is 24.1 Å². The first-order valence-corrected chi connectivity index (χ1v) is 7.17. The van der Waals surface area contributed by atoms with E-state index in [1.807, 2.05) is 6.07 Å². The van der Waals surface area contributed by atoms with Crippen LogP contribution < -0.4 is 9.47 Å². The normalized spacial score (nSPS) is 17.1. The molecule has 3 nitrogen and oxygen atoms in total. The summed E-state index contributed by atoms with van der Waals surface area (Å²) in [4.78, 5) is 12.2. The molecule has 0 N–H and O–H groups in total. The Bertz CT molecular complexity index is 713. The fourth-order valence-corrected chi connectivity index (χ4v) is 2.80. The molecule has 2 aromatic carbocycles. The lowest BCUT2D eigenvalue weighted by molar-refractivity contribution is 0.0850. The van der Waals surface area contributed by atoms with Crippen molar-refractivity contribution in [2.45, 2.75) is 12.5 Å². The molecule has 0 aromatic heterocycles. The van der Waals surface area contributed by atoms with Crippen LogP contribution in [0.15, 0.2) is 36.4 Å². The number of ether oxygens (including phenoxy) is 2. The lowest BCUT2D eigenvalue weighted by atomic mass is 9.96. The largest absolute Gasteiger partial charge is 0.495 e. The summed E-state index contributed by atoms with van der Waals surface area (Å²) in [6.45, 7) is 0. The van der Waals surface area contributed by atoms with Crippen molar-refractivity contribution in [1.29, 1.82) is 0 Å². The fraction of sp³-hybridized carbons (Fsp3) is 0.188. The van der Waals surface area contributed by atoms with E-state index in [0.717, 1.165) is 5.56 Å². The first-order valence-electron chi connectivity index (χ1n) is 6.41. The molecular formula is C16H12Cl2O3. The van der Waals surface area contributed by atoms with Gasteiger partial charge >= 0.3 is 0 Å². The van der Waals surface area contributed by atoms with Crippen molar-refractivity contribution in [3.05, 3.63) is 57.6 Å². The van der Waals surface area contributed by atoms with Crippen molar-refractivity contribution in [3.8, 4) is 11.5 Å². The third kappa shape index (κ3) is 2.71. The van der Waals surface area contributed by atoms with Gasteiger partial charge in [-0.1, -0.05) is 29.3 Å². The van der Waals surface area contributed by atoms with Crippen molar-refractivity contribution in [3.63, 3.8) is 0 Å². The number of fused-ring (bicyclic) bond motifs is 1. The summed E-state index contributed by atoms with van der Waals surface area (Å²) in [5.41, 5.74) is 1.37. The monoisotopic (exact) mass is 322 g/mol. The van der Waals surface area contributed by atoms with Crippen molar-refractivity contribution >= 4 is 29.0 Å². The summed E-state index contributed by atoms with van der Waals surface area (Å²) in [7, 11) is 1.56. The van der Waals surface area contributed by atoms with Crippen molar-refractivity contribution in [2.24, 2.45) is 0 Å². The second-order valence-corrected chi connectivity index (χ2v) is 5.61. The van der Waals surface area contributed by atoms with Gasteiger partial charge in [0.15, 0.2) is 5.78 Å². The number of hydrogen-bond donors (Lipinski definition) is 0. The van der Waals surface area contributed by atoms with Gasteiger partial charge in [0.25, 0.3) is 0 Å². The van der Waals surface area contributed by atoms with Gasteiger partial charge < -0.3 is 9.47 Å². The van der Waals surface area contributed by atoms with Crippen molar-refractivity contribution in [2.75, 3.05) is 7.11 Å². The first-order chi connectivity index (χ1) is 10.1. The molecule has 0 radical (unpaired) electrons. The molecule has 21 heavy (non-hydrogen) atoms. The molecule has 0 aliphatic carbocycles. The van der Waals surface area contributed by atoms with Crippen LogP contribution in [-0.2, 0) is 0 Å². The lowest BCUT2D eigenvalue weighted by Crippen LogP contribution is -2.20. The van der Waals surface area contributed by atoms with Crippen LogP contribution in [0.3, 0.4) is 0 Å². The Labute approximate surface area is 132 Å². The summed E-state index contributed by atoms with van der Waals surface area (Å²) in [6.07, 6.45) is -0.0923. The standard InChI is InChI=1S/C16H12Cl2O3/c1-20-15-4-2-9(6-12(15)18)16-8-13(19)11-7-10(17)3-5-14(11)21-16/h2-7,16H,8H2,1H3. The fourth-order valence-electron chi connectivity index (χ4n) is 2.36. The number of rotatable bonds is 2. The lowest BCUT2D eigenvalue weighted by Gasteiger charge is -2.26. The smallest absolute Gasteiger partial charge is 0.170 e. The van der Waals surface area contributed by atoms with Gasteiger partial charge in [0.1, 0.15) is 17.6 Å². The molecule has 3 rings (SSSR count). The van der Waals surface area contributed by atoms with E-state index in [2.05, 4.69) is 0 Å². The summed E-state index contributed by atoms with van der Waals surface area (Å²) in [5, 5.41) is 1.02. The Morgan fingerprint density at radius 1 is 1.19 bits per heavy atom. The van der Waals surface area contributed by atoms with Crippen LogP contribution in [0.5, 0.6) is 11.5 Å². The van der Waals surface area contributed by atoms with Gasteiger partial charge in [-0.15, -0.1) is 0 Å². The van der Waals surface area contributed by atoms with Crippen LogP contribution in [-0.4, -0.2) is 12.9 Å². The molecular weight excluding hydrogens is 311 g/mol. The Hall–Kier alpha value is -1.71. The minimum atomic E-state index is -0.352. The van der Waals surface area contributed by atoms with E-state index in [1.54, 1.807) is 37.4 Å². The zero-order valence-corrected chi connectivity index (χ0v) is 12.7. The molecule has 0 saturated heterocycles. The number of carbonyl (C=O) groups is 1. The second kappa shape index (κ2) is 5.58. The average Bonchev–Trinajstić information content (AvgIpc) is 2.47. The summed E-state index contributed by atoms with van der Waals surface area (Å²) in [6, 6.07) is 10.4. The van der Waals surface area contributed by atoms with Crippen LogP contribution in [0.25, 0.3) is 0 Å². The molecule has 2 aromatic rings. The molecule has 1 unspecified atom stereocenters. The van der Waals surface area contributed by atoms with E-state index in [9.17, 15) is 4.79 Å². The van der Waals surface area contributed by atoms with E-state index in [0.29, 0.717) is 27.1 Å². The SMILES string of the molecule is COc1ccc(C2CC(=O)c3cc(Cl)ccc3O2)cc1Cl. The number of benzene rings is 2. The van der Waals surface area contributed by atoms with E-state index in [-0.39, 0.29) is 18.3 Å². The highest BCUT2D eigenvalue weighted by Crippen LogP contribution is 2.37. The average molecular weight is 323 g/mol. The van der Waals surface area contributed by atoms with Gasteiger partial charge in [0.2, 0.25) is 0 Å². The van der Waals surface area contributed by atoms with Gasteiger partial charge in [-0.3, -0.25) is 4.79 Å². The molecule has 1 heterocycles. The van der Waals surface area contributed by atoms with Crippen molar-refractivity contribution < 1.29 is 14.3 Å². The molecule has 0 amide bonds. The zero-order valence-electron chi connectivity index (χ0n) is 11.2. The Kier molecular flexibility index (Phi) is 3.79. The minimum absolute atomic E-state index is 0.00990. The quantitative estimate of drug-likeness (QED) is 0.803. The molecule has 1 aliphatic heterocycles. The first kappa shape index (κ1) is 14.2. The summed E-state index contributed by atoms with van der Waals surface area (Å²) in [5.74, 6) is 1.15. The van der Waals surface area contributed by atoms with Crippen LogP contribution in [0, 0.1) is 0 Å². The van der Waals surface area contributed by atoms with E-state index in [4.69, 9.17) is 32.7 Å². The topological polar surface area (TPSA) is 35.5 Å². The molecule has 0 spiro atoms. The highest BCUT2D eigenvalue weighted by atomic mass is 35.5. The molecule has 0 saturated carbocycles. The Balaban J connectivity index is 1.94. The summed E-state index contributed by atoms with van der Waals surface area (Å²) >= 11 is 12.0. The number of methoxy groups -OCH3 is 1. The van der Waals surface area contributed by atoms with Gasteiger partial charge in [-0.05, 0) is 35.9 Å².